The Morgan fingerprint density at radius 2 is 1.96 bits per heavy atom. The standard InChI is InChI=1S/C20H18N2O3S2/c23-18(22-11-5-7-14-6-1-3-9-16(14)22)12-25-19(24)13-26-20-21-15-8-2-4-10-17(15)27-20/h1-4,6,8-10H,5,7,11-13H2. The highest BCUT2D eigenvalue weighted by Crippen LogP contribution is 2.29. The number of rotatable bonds is 5. The second-order valence-corrected chi connectivity index (χ2v) is 8.43. The summed E-state index contributed by atoms with van der Waals surface area (Å²) in [7, 11) is 0. The molecule has 1 aliphatic rings. The van der Waals surface area contributed by atoms with E-state index >= 15 is 0 Å². The molecule has 3 aromatic rings. The Hall–Kier alpha value is -2.38. The van der Waals surface area contributed by atoms with Crippen LogP contribution in [0.5, 0.6) is 0 Å². The normalized spacial score (nSPS) is 13.4. The molecular formula is C20H18N2O3S2. The van der Waals surface area contributed by atoms with Crippen LogP contribution in [0.1, 0.15) is 12.0 Å². The Morgan fingerprint density at radius 3 is 2.85 bits per heavy atom. The van der Waals surface area contributed by atoms with Crippen molar-refractivity contribution < 1.29 is 14.3 Å². The number of ether oxygens (including phenoxy) is 1. The van der Waals surface area contributed by atoms with Crippen LogP contribution >= 0.6 is 23.1 Å². The Morgan fingerprint density at radius 1 is 1.15 bits per heavy atom. The third-order valence-electron chi connectivity index (χ3n) is 4.36. The third-order valence-corrected chi connectivity index (χ3v) is 6.51. The number of aryl methyl sites for hydroxylation is 1. The molecule has 0 bridgehead atoms. The molecule has 0 atom stereocenters. The lowest BCUT2D eigenvalue weighted by molar-refractivity contribution is -0.145. The Balaban J connectivity index is 1.30. The summed E-state index contributed by atoms with van der Waals surface area (Å²) in [5.41, 5.74) is 3.01. The number of amides is 1. The molecule has 0 fully saturated rings. The van der Waals surface area contributed by atoms with E-state index in [9.17, 15) is 9.59 Å². The number of benzene rings is 2. The summed E-state index contributed by atoms with van der Waals surface area (Å²) in [6, 6.07) is 15.7. The van der Waals surface area contributed by atoms with E-state index in [2.05, 4.69) is 4.98 Å². The SMILES string of the molecule is O=C(CSc1nc2ccccc2s1)OCC(=O)N1CCCc2ccccc21. The van der Waals surface area contributed by atoms with Gasteiger partial charge in [-0.3, -0.25) is 9.59 Å². The number of thioether (sulfide) groups is 1. The van der Waals surface area contributed by atoms with E-state index in [1.54, 1.807) is 16.2 Å². The van der Waals surface area contributed by atoms with Gasteiger partial charge in [0.1, 0.15) is 0 Å². The molecule has 0 N–H and O–H groups in total. The van der Waals surface area contributed by atoms with Crippen LogP contribution in [-0.2, 0) is 20.7 Å². The zero-order chi connectivity index (χ0) is 18.6. The number of para-hydroxylation sites is 2. The highest BCUT2D eigenvalue weighted by atomic mass is 32.2. The molecular weight excluding hydrogens is 380 g/mol. The molecule has 4 rings (SSSR count). The van der Waals surface area contributed by atoms with E-state index in [-0.39, 0.29) is 18.3 Å². The summed E-state index contributed by atoms with van der Waals surface area (Å²) in [5, 5.41) is 0. The molecule has 2 aromatic carbocycles. The van der Waals surface area contributed by atoms with Gasteiger partial charge < -0.3 is 9.64 Å². The molecule has 0 aliphatic carbocycles. The fraction of sp³-hybridized carbons (Fsp3) is 0.250. The first kappa shape index (κ1) is 18.0. The number of hydrogen-bond donors (Lipinski definition) is 0. The molecule has 138 valence electrons. The number of thiazole rings is 1. The molecule has 0 saturated heterocycles. The van der Waals surface area contributed by atoms with Gasteiger partial charge in [0.25, 0.3) is 5.91 Å². The molecule has 27 heavy (non-hydrogen) atoms. The van der Waals surface area contributed by atoms with Gasteiger partial charge in [-0.25, -0.2) is 4.98 Å². The first-order valence-corrected chi connectivity index (χ1v) is 10.5. The number of anilines is 1. The monoisotopic (exact) mass is 398 g/mol. The number of carbonyl (C=O) groups is 2. The van der Waals surface area contributed by atoms with Crippen molar-refractivity contribution in [1.29, 1.82) is 0 Å². The first-order valence-electron chi connectivity index (χ1n) is 8.73. The number of carbonyl (C=O) groups excluding carboxylic acids is 2. The molecule has 2 heterocycles. The molecule has 1 amide bonds. The summed E-state index contributed by atoms with van der Waals surface area (Å²) >= 11 is 2.89. The second kappa shape index (κ2) is 8.10. The first-order chi connectivity index (χ1) is 13.2. The molecule has 0 spiro atoms. The van der Waals surface area contributed by atoms with Crippen molar-refractivity contribution in [3.05, 3.63) is 54.1 Å². The van der Waals surface area contributed by atoms with Crippen molar-refractivity contribution in [2.24, 2.45) is 0 Å². The van der Waals surface area contributed by atoms with Gasteiger partial charge in [-0.15, -0.1) is 11.3 Å². The van der Waals surface area contributed by atoms with E-state index in [1.807, 2.05) is 48.5 Å². The lowest BCUT2D eigenvalue weighted by Crippen LogP contribution is -2.38. The van der Waals surface area contributed by atoms with Crippen molar-refractivity contribution in [2.45, 2.75) is 17.2 Å². The summed E-state index contributed by atoms with van der Waals surface area (Å²) in [6.07, 6.45) is 1.89. The largest absolute Gasteiger partial charge is 0.455 e. The molecule has 0 saturated carbocycles. The lowest BCUT2D eigenvalue weighted by Gasteiger charge is -2.29. The number of aromatic nitrogens is 1. The molecule has 5 nitrogen and oxygen atoms in total. The highest BCUT2D eigenvalue weighted by molar-refractivity contribution is 8.01. The van der Waals surface area contributed by atoms with Crippen molar-refractivity contribution in [2.75, 3.05) is 23.8 Å². The summed E-state index contributed by atoms with van der Waals surface area (Å²) < 4.78 is 7.11. The average Bonchev–Trinajstić information content (AvgIpc) is 3.13. The molecule has 0 radical (unpaired) electrons. The number of esters is 1. The fourth-order valence-electron chi connectivity index (χ4n) is 3.09. The zero-order valence-corrected chi connectivity index (χ0v) is 16.2. The minimum atomic E-state index is -0.405. The number of hydrogen-bond acceptors (Lipinski definition) is 6. The molecule has 1 aliphatic heterocycles. The van der Waals surface area contributed by atoms with Gasteiger partial charge in [0.15, 0.2) is 10.9 Å². The number of fused-ring (bicyclic) bond motifs is 2. The van der Waals surface area contributed by atoms with E-state index < -0.39 is 5.97 Å². The average molecular weight is 399 g/mol. The van der Waals surface area contributed by atoms with Crippen LogP contribution < -0.4 is 4.90 Å². The van der Waals surface area contributed by atoms with Crippen LogP contribution in [0.25, 0.3) is 10.2 Å². The smallest absolute Gasteiger partial charge is 0.316 e. The summed E-state index contributed by atoms with van der Waals surface area (Å²) in [4.78, 5) is 30.7. The summed E-state index contributed by atoms with van der Waals surface area (Å²) in [6.45, 7) is 0.432. The van der Waals surface area contributed by atoms with E-state index in [4.69, 9.17) is 4.74 Å². The van der Waals surface area contributed by atoms with Gasteiger partial charge in [0.05, 0.1) is 16.0 Å². The topological polar surface area (TPSA) is 59.5 Å². The maximum absolute atomic E-state index is 12.5. The second-order valence-electron chi connectivity index (χ2n) is 6.17. The minimum Gasteiger partial charge on any atom is -0.455 e. The van der Waals surface area contributed by atoms with Gasteiger partial charge in [0, 0.05) is 12.2 Å². The Kier molecular flexibility index (Phi) is 5.40. The molecule has 1 aromatic heterocycles. The molecule has 7 heteroatoms. The number of nitrogens with zero attached hydrogens (tertiary/aromatic N) is 2. The van der Waals surface area contributed by atoms with Gasteiger partial charge in [-0.05, 0) is 36.6 Å². The van der Waals surface area contributed by atoms with E-state index in [0.29, 0.717) is 6.54 Å². The maximum atomic E-state index is 12.5. The van der Waals surface area contributed by atoms with Crippen LogP contribution in [-0.4, -0.2) is 35.8 Å². The van der Waals surface area contributed by atoms with E-state index in [1.165, 1.54) is 11.8 Å². The van der Waals surface area contributed by atoms with Crippen molar-refractivity contribution in [3.8, 4) is 0 Å². The van der Waals surface area contributed by atoms with Gasteiger partial charge >= 0.3 is 5.97 Å². The highest BCUT2D eigenvalue weighted by Gasteiger charge is 2.23. The van der Waals surface area contributed by atoms with E-state index in [0.717, 1.165) is 38.6 Å². The summed E-state index contributed by atoms with van der Waals surface area (Å²) in [5.74, 6) is -0.442. The van der Waals surface area contributed by atoms with Crippen molar-refractivity contribution in [1.82, 2.24) is 4.98 Å². The predicted octanol–water partition coefficient (Wildman–Crippen LogP) is 3.91. The quantitative estimate of drug-likeness (QED) is 0.482. The Labute approximate surface area is 165 Å². The molecule has 0 unspecified atom stereocenters. The van der Waals surface area contributed by atoms with Crippen molar-refractivity contribution >= 4 is 50.9 Å². The van der Waals surface area contributed by atoms with Crippen molar-refractivity contribution in [3.63, 3.8) is 0 Å². The van der Waals surface area contributed by atoms with Crippen LogP contribution in [0.2, 0.25) is 0 Å². The lowest BCUT2D eigenvalue weighted by atomic mass is 10.0. The van der Waals surface area contributed by atoms with Crippen LogP contribution in [0.4, 0.5) is 5.69 Å². The van der Waals surface area contributed by atoms with Crippen LogP contribution in [0.15, 0.2) is 52.9 Å². The Bertz CT molecular complexity index is 953. The predicted molar refractivity (Wildman–Crippen MR) is 108 cm³/mol. The maximum Gasteiger partial charge on any atom is 0.316 e. The van der Waals surface area contributed by atoms with Crippen LogP contribution in [0.3, 0.4) is 0 Å². The van der Waals surface area contributed by atoms with Gasteiger partial charge in [0.2, 0.25) is 0 Å². The zero-order valence-electron chi connectivity index (χ0n) is 14.6. The minimum absolute atomic E-state index is 0.143. The van der Waals surface area contributed by atoms with Crippen LogP contribution in [0, 0.1) is 0 Å². The third kappa shape index (κ3) is 4.14. The van der Waals surface area contributed by atoms with Gasteiger partial charge in [-0.1, -0.05) is 42.1 Å². The fourth-order valence-corrected chi connectivity index (χ4v) is 4.95. The van der Waals surface area contributed by atoms with Gasteiger partial charge in [-0.2, -0.15) is 0 Å².